The first kappa shape index (κ1) is 11.7. The highest BCUT2D eigenvalue weighted by Crippen LogP contribution is 2.16. The summed E-state index contributed by atoms with van der Waals surface area (Å²) in [5, 5.41) is 0.607. The molecule has 0 aromatic heterocycles. The van der Waals surface area contributed by atoms with Gasteiger partial charge in [-0.05, 0) is 38.1 Å². The summed E-state index contributed by atoms with van der Waals surface area (Å²) in [5.41, 5.74) is 5.68. The van der Waals surface area contributed by atoms with Gasteiger partial charge in [0.25, 0.3) is 0 Å². The van der Waals surface area contributed by atoms with Crippen molar-refractivity contribution in [2.24, 2.45) is 5.73 Å². The predicted molar refractivity (Wildman–Crippen MR) is 61.0 cm³/mol. The van der Waals surface area contributed by atoms with E-state index in [0.717, 1.165) is 4.90 Å². The molecule has 1 rings (SSSR count). The SMILES string of the molecule is CC(N)C(C)S(=O)c1ccc(Cl)cc1. The average Bonchev–Trinajstić information content (AvgIpc) is 2.16. The van der Waals surface area contributed by atoms with E-state index in [9.17, 15) is 4.21 Å². The van der Waals surface area contributed by atoms with E-state index >= 15 is 0 Å². The fourth-order valence-electron chi connectivity index (χ4n) is 0.978. The summed E-state index contributed by atoms with van der Waals surface area (Å²) >= 11 is 5.73. The molecule has 3 unspecified atom stereocenters. The Hall–Kier alpha value is -0.380. The Morgan fingerprint density at radius 2 is 1.79 bits per heavy atom. The third kappa shape index (κ3) is 2.80. The van der Waals surface area contributed by atoms with Gasteiger partial charge in [0, 0.05) is 16.0 Å². The van der Waals surface area contributed by atoms with Crippen molar-refractivity contribution in [1.29, 1.82) is 0 Å². The topological polar surface area (TPSA) is 43.1 Å². The monoisotopic (exact) mass is 231 g/mol. The number of hydrogen-bond donors (Lipinski definition) is 1. The van der Waals surface area contributed by atoms with Crippen LogP contribution in [0.3, 0.4) is 0 Å². The van der Waals surface area contributed by atoms with Crippen LogP contribution < -0.4 is 5.73 Å². The van der Waals surface area contributed by atoms with Crippen LogP contribution in [0.5, 0.6) is 0 Å². The quantitative estimate of drug-likeness (QED) is 0.867. The Kier molecular flexibility index (Phi) is 4.11. The number of benzene rings is 1. The zero-order valence-corrected chi connectivity index (χ0v) is 9.81. The minimum absolute atomic E-state index is 0.0452. The van der Waals surface area contributed by atoms with Gasteiger partial charge in [-0.1, -0.05) is 11.6 Å². The van der Waals surface area contributed by atoms with Gasteiger partial charge in [-0.3, -0.25) is 4.21 Å². The molecule has 2 nitrogen and oxygen atoms in total. The van der Waals surface area contributed by atoms with E-state index in [1.165, 1.54) is 0 Å². The number of halogens is 1. The third-order valence-electron chi connectivity index (χ3n) is 2.12. The van der Waals surface area contributed by atoms with Crippen LogP contribution >= 0.6 is 11.6 Å². The van der Waals surface area contributed by atoms with Crippen molar-refractivity contribution in [2.75, 3.05) is 0 Å². The second-order valence-electron chi connectivity index (χ2n) is 3.32. The van der Waals surface area contributed by atoms with Gasteiger partial charge < -0.3 is 5.73 Å². The van der Waals surface area contributed by atoms with Crippen molar-refractivity contribution in [1.82, 2.24) is 0 Å². The van der Waals surface area contributed by atoms with Crippen LogP contribution in [0.2, 0.25) is 5.02 Å². The Morgan fingerprint density at radius 3 is 2.21 bits per heavy atom. The van der Waals surface area contributed by atoms with Gasteiger partial charge >= 0.3 is 0 Å². The molecule has 0 aliphatic carbocycles. The van der Waals surface area contributed by atoms with E-state index < -0.39 is 10.8 Å². The van der Waals surface area contributed by atoms with Crippen LogP contribution in [0.25, 0.3) is 0 Å². The lowest BCUT2D eigenvalue weighted by Gasteiger charge is -2.14. The summed E-state index contributed by atoms with van der Waals surface area (Å²) in [6.45, 7) is 3.74. The summed E-state index contributed by atoms with van der Waals surface area (Å²) in [6, 6.07) is 6.95. The van der Waals surface area contributed by atoms with Crippen molar-refractivity contribution in [3.8, 4) is 0 Å². The van der Waals surface area contributed by atoms with Crippen LogP contribution in [0, 0.1) is 0 Å². The second-order valence-corrected chi connectivity index (χ2v) is 5.56. The zero-order valence-electron chi connectivity index (χ0n) is 8.24. The molecule has 78 valence electrons. The maximum atomic E-state index is 11.9. The van der Waals surface area contributed by atoms with Crippen molar-refractivity contribution in [2.45, 2.75) is 30.0 Å². The molecule has 0 radical (unpaired) electrons. The Bertz CT molecular complexity index is 323. The van der Waals surface area contributed by atoms with Gasteiger partial charge in [0.05, 0.1) is 16.0 Å². The van der Waals surface area contributed by atoms with Gasteiger partial charge in [-0.15, -0.1) is 0 Å². The molecule has 0 saturated heterocycles. The van der Waals surface area contributed by atoms with Crippen molar-refractivity contribution in [3.63, 3.8) is 0 Å². The van der Waals surface area contributed by atoms with Gasteiger partial charge in [0.15, 0.2) is 0 Å². The Morgan fingerprint density at radius 1 is 1.29 bits per heavy atom. The second kappa shape index (κ2) is 4.91. The zero-order chi connectivity index (χ0) is 10.7. The molecule has 0 aliphatic rings. The molecule has 14 heavy (non-hydrogen) atoms. The number of hydrogen-bond acceptors (Lipinski definition) is 2. The summed E-state index contributed by atoms with van der Waals surface area (Å²) in [7, 11) is -1.05. The van der Waals surface area contributed by atoms with Gasteiger partial charge in [0.1, 0.15) is 0 Å². The highest BCUT2D eigenvalue weighted by atomic mass is 35.5. The molecule has 0 amide bonds. The van der Waals surface area contributed by atoms with Crippen LogP contribution in [-0.4, -0.2) is 15.5 Å². The molecular weight excluding hydrogens is 218 g/mol. The van der Waals surface area contributed by atoms with Crippen LogP contribution in [0.4, 0.5) is 0 Å². The van der Waals surface area contributed by atoms with Crippen molar-refractivity contribution < 1.29 is 4.21 Å². The molecule has 0 heterocycles. The summed E-state index contributed by atoms with van der Waals surface area (Å²) in [4.78, 5) is 0.777. The minimum atomic E-state index is -1.05. The fraction of sp³-hybridized carbons (Fsp3) is 0.400. The van der Waals surface area contributed by atoms with Crippen LogP contribution in [-0.2, 0) is 10.8 Å². The molecule has 1 aromatic carbocycles. The normalized spacial score (nSPS) is 17.4. The highest BCUT2D eigenvalue weighted by molar-refractivity contribution is 7.85. The fourth-order valence-corrected chi connectivity index (χ4v) is 2.33. The predicted octanol–water partition coefficient (Wildman–Crippen LogP) is 2.18. The molecule has 0 spiro atoms. The molecule has 0 fully saturated rings. The largest absolute Gasteiger partial charge is 0.327 e. The molecule has 4 heteroatoms. The van der Waals surface area contributed by atoms with Gasteiger partial charge in [-0.25, -0.2) is 0 Å². The Labute approximate surface area is 91.9 Å². The lowest BCUT2D eigenvalue weighted by Crippen LogP contribution is -2.32. The molecule has 0 bridgehead atoms. The van der Waals surface area contributed by atoms with Crippen LogP contribution in [0.1, 0.15) is 13.8 Å². The smallest absolute Gasteiger partial charge is 0.0573 e. The van der Waals surface area contributed by atoms with E-state index in [4.69, 9.17) is 17.3 Å². The lowest BCUT2D eigenvalue weighted by molar-refractivity contribution is 0.649. The highest BCUT2D eigenvalue weighted by Gasteiger charge is 2.16. The standard InChI is InChI=1S/C10H14ClNOS/c1-7(12)8(2)14(13)10-5-3-9(11)4-6-10/h3-8H,12H2,1-2H3. The summed E-state index contributed by atoms with van der Waals surface area (Å²) in [5.74, 6) is 0. The molecule has 3 atom stereocenters. The molecule has 0 saturated carbocycles. The summed E-state index contributed by atoms with van der Waals surface area (Å²) in [6.07, 6.45) is 0. The van der Waals surface area contributed by atoms with E-state index in [2.05, 4.69) is 0 Å². The Balaban J connectivity index is 2.84. The van der Waals surface area contributed by atoms with Crippen molar-refractivity contribution >= 4 is 22.4 Å². The number of nitrogens with two attached hydrogens (primary N) is 1. The first-order valence-electron chi connectivity index (χ1n) is 4.44. The maximum absolute atomic E-state index is 11.9. The third-order valence-corrected chi connectivity index (χ3v) is 4.22. The molecular formula is C10H14ClNOS. The average molecular weight is 232 g/mol. The maximum Gasteiger partial charge on any atom is 0.0573 e. The van der Waals surface area contributed by atoms with Crippen LogP contribution in [0.15, 0.2) is 29.2 Å². The molecule has 2 N–H and O–H groups in total. The minimum Gasteiger partial charge on any atom is -0.327 e. The van der Waals surface area contributed by atoms with E-state index in [1.807, 2.05) is 13.8 Å². The van der Waals surface area contributed by atoms with E-state index in [0.29, 0.717) is 5.02 Å². The van der Waals surface area contributed by atoms with Crippen molar-refractivity contribution in [3.05, 3.63) is 29.3 Å². The molecule has 1 aromatic rings. The summed E-state index contributed by atoms with van der Waals surface area (Å²) < 4.78 is 11.9. The van der Waals surface area contributed by atoms with E-state index in [1.54, 1.807) is 24.3 Å². The van der Waals surface area contributed by atoms with Gasteiger partial charge in [-0.2, -0.15) is 0 Å². The number of rotatable bonds is 3. The lowest BCUT2D eigenvalue weighted by atomic mass is 10.3. The van der Waals surface area contributed by atoms with Gasteiger partial charge in [0.2, 0.25) is 0 Å². The molecule has 0 aliphatic heterocycles. The van der Waals surface area contributed by atoms with E-state index in [-0.39, 0.29) is 11.3 Å². The first-order chi connectivity index (χ1) is 6.52. The first-order valence-corrected chi connectivity index (χ1v) is 6.03.